The molecule has 2 aromatic rings. The predicted molar refractivity (Wildman–Crippen MR) is 88.1 cm³/mol. The first-order chi connectivity index (χ1) is 11.1. The number of hydrogen-bond acceptors (Lipinski definition) is 4. The van der Waals surface area contributed by atoms with Crippen molar-refractivity contribution in [3.05, 3.63) is 29.8 Å². The van der Waals surface area contributed by atoms with Gasteiger partial charge in [-0.25, -0.2) is 0 Å². The molecule has 3 heterocycles. The molecule has 1 fully saturated rings. The summed E-state index contributed by atoms with van der Waals surface area (Å²) < 4.78 is 1.95. The molecule has 1 unspecified atom stereocenters. The molecule has 1 saturated heterocycles. The van der Waals surface area contributed by atoms with Gasteiger partial charge in [-0.3, -0.25) is 19.5 Å². The van der Waals surface area contributed by atoms with Crippen molar-refractivity contribution in [3.8, 4) is 0 Å². The minimum atomic E-state index is 0.0185. The van der Waals surface area contributed by atoms with Gasteiger partial charge in [-0.2, -0.15) is 10.2 Å². The van der Waals surface area contributed by atoms with Crippen molar-refractivity contribution in [1.82, 2.24) is 24.9 Å². The summed E-state index contributed by atoms with van der Waals surface area (Å²) in [5.74, 6) is 0.0185. The van der Waals surface area contributed by atoms with Gasteiger partial charge >= 0.3 is 0 Å². The van der Waals surface area contributed by atoms with Crippen molar-refractivity contribution >= 4 is 11.6 Å². The molecule has 3 rings (SSSR count). The molecule has 1 aliphatic rings. The molecule has 0 aromatic carbocycles. The zero-order valence-electron chi connectivity index (χ0n) is 13.7. The number of aromatic amines is 1. The average molecular weight is 316 g/mol. The molecule has 0 spiro atoms. The lowest BCUT2D eigenvalue weighted by Gasteiger charge is -2.35. The molecule has 0 saturated carbocycles. The number of aromatic nitrogens is 4. The lowest BCUT2D eigenvalue weighted by Crippen LogP contribution is -2.46. The van der Waals surface area contributed by atoms with Crippen molar-refractivity contribution < 1.29 is 4.79 Å². The third-order valence-electron chi connectivity index (χ3n) is 4.45. The van der Waals surface area contributed by atoms with Crippen LogP contribution in [0.15, 0.2) is 18.5 Å². The largest absolute Gasteiger partial charge is 0.322 e. The Kier molecular flexibility index (Phi) is 4.76. The number of carbonyl (C=O) groups excluding carboxylic acids is 1. The minimum absolute atomic E-state index is 0.0185. The third-order valence-corrected chi connectivity index (χ3v) is 4.45. The number of carbonyl (C=O) groups is 1. The van der Waals surface area contributed by atoms with E-state index in [1.54, 1.807) is 6.20 Å². The number of anilines is 1. The highest BCUT2D eigenvalue weighted by atomic mass is 16.2. The van der Waals surface area contributed by atoms with Crippen LogP contribution in [0.4, 0.5) is 5.69 Å². The van der Waals surface area contributed by atoms with Crippen LogP contribution >= 0.6 is 0 Å². The summed E-state index contributed by atoms with van der Waals surface area (Å²) >= 11 is 0. The number of piperidine rings is 1. The first-order valence-electron chi connectivity index (χ1n) is 8.16. The van der Waals surface area contributed by atoms with Crippen LogP contribution in [0.5, 0.6) is 0 Å². The van der Waals surface area contributed by atoms with Crippen molar-refractivity contribution in [2.45, 2.75) is 45.7 Å². The second-order valence-electron chi connectivity index (χ2n) is 6.21. The number of nitrogens with one attached hydrogen (secondary N) is 2. The van der Waals surface area contributed by atoms with Crippen molar-refractivity contribution in [1.29, 1.82) is 0 Å². The van der Waals surface area contributed by atoms with Crippen LogP contribution in [0.3, 0.4) is 0 Å². The van der Waals surface area contributed by atoms with Crippen molar-refractivity contribution in [3.63, 3.8) is 0 Å². The molecule has 23 heavy (non-hydrogen) atoms. The third kappa shape index (κ3) is 3.79. The molecule has 7 nitrogen and oxygen atoms in total. The topological polar surface area (TPSA) is 78.8 Å². The fourth-order valence-corrected chi connectivity index (χ4v) is 3.20. The monoisotopic (exact) mass is 316 g/mol. The quantitative estimate of drug-likeness (QED) is 0.880. The lowest BCUT2D eigenvalue weighted by atomic mass is 10.0. The van der Waals surface area contributed by atoms with Gasteiger partial charge in [0.05, 0.1) is 30.2 Å². The summed E-state index contributed by atoms with van der Waals surface area (Å²) in [7, 11) is 0. The zero-order chi connectivity index (χ0) is 16.2. The van der Waals surface area contributed by atoms with Gasteiger partial charge in [0.25, 0.3) is 0 Å². The summed E-state index contributed by atoms with van der Waals surface area (Å²) in [5.41, 5.74) is 2.51. The molecule has 1 aliphatic heterocycles. The summed E-state index contributed by atoms with van der Waals surface area (Å²) in [5, 5.41) is 14.3. The summed E-state index contributed by atoms with van der Waals surface area (Å²) in [6.45, 7) is 6.01. The van der Waals surface area contributed by atoms with Crippen LogP contribution in [0, 0.1) is 13.8 Å². The molecule has 0 bridgehead atoms. The molecule has 1 atom stereocenters. The number of nitrogens with zero attached hydrogens (tertiary/aromatic N) is 4. The van der Waals surface area contributed by atoms with E-state index in [0.29, 0.717) is 12.6 Å². The minimum Gasteiger partial charge on any atom is -0.322 e. The van der Waals surface area contributed by atoms with E-state index in [0.717, 1.165) is 43.0 Å². The van der Waals surface area contributed by atoms with E-state index in [1.165, 1.54) is 6.42 Å². The van der Waals surface area contributed by atoms with E-state index >= 15 is 0 Å². The van der Waals surface area contributed by atoms with Gasteiger partial charge < -0.3 is 5.32 Å². The molecule has 7 heteroatoms. The SMILES string of the molecule is Cc1n[nH]c(C)c1NC(=O)CN1CCCCC1Cn1cccn1. The highest BCUT2D eigenvalue weighted by Gasteiger charge is 2.25. The molecule has 2 aromatic heterocycles. The lowest BCUT2D eigenvalue weighted by molar-refractivity contribution is -0.118. The first kappa shape index (κ1) is 15.7. The standard InChI is InChI=1S/C16H24N6O/c1-12-16(13(2)20-19-12)18-15(23)11-21-8-4-3-6-14(21)10-22-9-5-7-17-22/h5,7,9,14H,3-4,6,8,10-11H2,1-2H3,(H,18,23)(H,19,20). The Morgan fingerprint density at radius 1 is 1.43 bits per heavy atom. The number of hydrogen-bond donors (Lipinski definition) is 2. The Bertz CT molecular complexity index is 628. The maximum Gasteiger partial charge on any atom is 0.238 e. The Balaban J connectivity index is 1.61. The van der Waals surface area contributed by atoms with Gasteiger partial charge in [0.15, 0.2) is 0 Å². The van der Waals surface area contributed by atoms with Crippen LogP contribution < -0.4 is 5.32 Å². The Morgan fingerprint density at radius 2 is 2.30 bits per heavy atom. The molecule has 0 radical (unpaired) electrons. The van der Waals surface area contributed by atoms with E-state index in [4.69, 9.17) is 0 Å². The Labute approximate surface area is 136 Å². The highest BCUT2D eigenvalue weighted by molar-refractivity contribution is 5.93. The normalized spacial score (nSPS) is 19.0. The van der Waals surface area contributed by atoms with E-state index in [1.807, 2.05) is 30.8 Å². The summed E-state index contributed by atoms with van der Waals surface area (Å²) in [6.07, 6.45) is 7.24. The van der Waals surface area contributed by atoms with Gasteiger partial charge in [0.2, 0.25) is 5.91 Å². The van der Waals surface area contributed by atoms with Crippen LogP contribution in [-0.2, 0) is 11.3 Å². The fraction of sp³-hybridized carbons (Fsp3) is 0.562. The fourth-order valence-electron chi connectivity index (χ4n) is 3.20. The second-order valence-corrected chi connectivity index (χ2v) is 6.21. The van der Waals surface area contributed by atoms with E-state index < -0.39 is 0 Å². The van der Waals surface area contributed by atoms with Gasteiger partial charge in [-0.1, -0.05) is 6.42 Å². The molecule has 0 aliphatic carbocycles. The smallest absolute Gasteiger partial charge is 0.238 e. The van der Waals surface area contributed by atoms with Gasteiger partial charge in [-0.05, 0) is 39.3 Å². The second kappa shape index (κ2) is 6.95. The number of amides is 1. The van der Waals surface area contributed by atoms with Crippen LogP contribution in [0.1, 0.15) is 30.7 Å². The summed E-state index contributed by atoms with van der Waals surface area (Å²) in [4.78, 5) is 14.7. The predicted octanol–water partition coefficient (Wildman–Crippen LogP) is 1.72. The highest BCUT2D eigenvalue weighted by Crippen LogP contribution is 2.19. The van der Waals surface area contributed by atoms with Crippen LogP contribution in [0.25, 0.3) is 0 Å². The first-order valence-corrected chi connectivity index (χ1v) is 8.16. The van der Waals surface area contributed by atoms with Crippen molar-refractivity contribution in [2.24, 2.45) is 0 Å². The number of aryl methyl sites for hydroxylation is 2. The van der Waals surface area contributed by atoms with Crippen molar-refractivity contribution in [2.75, 3.05) is 18.4 Å². The summed E-state index contributed by atoms with van der Waals surface area (Å²) in [6, 6.07) is 2.30. The Hall–Kier alpha value is -2.15. The van der Waals surface area contributed by atoms with E-state index in [9.17, 15) is 4.79 Å². The van der Waals surface area contributed by atoms with Crippen LogP contribution in [-0.4, -0.2) is 49.9 Å². The zero-order valence-corrected chi connectivity index (χ0v) is 13.7. The van der Waals surface area contributed by atoms with Crippen LogP contribution in [0.2, 0.25) is 0 Å². The van der Waals surface area contributed by atoms with Gasteiger partial charge in [0, 0.05) is 18.4 Å². The molecule has 2 N–H and O–H groups in total. The van der Waals surface area contributed by atoms with E-state index in [-0.39, 0.29) is 5.91 Å². The maximum atomic E-state index is 12.4. The number of H-pyrrole nitrogens is 1. The average Bonchev–Trinajstić information content (AvgIpc) is 3.14. The van der Waals surface area contributed by atoms with Gasteiger partial charge in [-0.15, -0.1) is 0 Å². The molecule has 1 amide bonds. The van der Waals surface area contributed by atoms with Gasteiger partial charge in [0.1, 0.15) is 0 Å². The van der Waals surface area contributed by atoms with E-state index in [2.05, 4.69) is 25.5 Å². The number of likely N-dealkylation sites (tertiary alicyclic amines) is 1. The Morgan fingerprint density at radius 3 is 3.00 bits per heavy atom. The molecular weight excluding hydrogens is 292 g/mol. The molecular formula is C16H24N6O. The molecule has 124 valence electrons. The maximum absolute atomic E-state index is 12.4. The number of rotatable bonds is 5.